The van der Waals surface area contributed by atoms with Gasteiger partial charge in [0.15, 0.2) is 6.10 Å². The second-order valence-corrected chi connectivity index (χ2v) is 4.64. The van der Waals surface area contributed by atoms with Gasteiger partial charge in [-0.3, -0.25) is 4.79 Å². The van der Waals surface area contributed by atoms with E-state index in [9.17, 15) is 9.59 Å². The number of aromatic nitrogens is 2. The molecular weight excluding hydrogens is 268 g/mol. The maximum absolute atomic E-state index is 12.1. The van der Waals surface area contributed by atoms with Crippen LogP contribution < -0.4 is 0 Å². The quantitative estimate of drug-likeness (QED) is 0.852. The van der Waals surface area contributed by atoms with Crippen LogP contribution in [-0.2, 0) is 11.2 Å². The molecule has 0 spiro atoms. The highest BCUT2D eigenvalue weighted by Crippen LogP contribution is 2.27. The highest BCUT2D eigenvalue weighted by molar-refractivity contribution is 6.30. The minimum absolute atomic E-state index is 0.0850. The molecule has 1 aliphatic carbocycles. The van der Waals surface area contributed by atoms with Crippen molar-refractivity contribution in [3.8, 4) is 0 Å². The molecule has 2 aromatic rings. The van der Waals surface area contributed by atoms with Gasteiger partial charge in [-0.2, -0.15) is 0 Å². The minimum atomic E-state index is -0.800. The third kappa shape index (κ3) is 2.13. The molecule has 1 atom stereocenters. The molecule has 0 saturated carbocycles. The number of H-pyrrole nitrogens is 1. The van der Waals surface area contributed by atoms with Crippen LogP contribution >= 0.6 is 11.6 Å². The number of nitrogens with one attached hydrogen (secondary N) is 1. The molecule has 0 fully saturated rings. The summed E-state index contributed by atoms with van der Waals surface area (Å²) >= 11 is 5.87. The number of ketones is 1. The van der Waals surface area contributed by atoms with Crippen molar-refractivity contribution in [2.75, 3.05) is 0 Å². The first-order valence-electron chi connectivity index (χ1n) is 5.68. The van der Waals surface area contributed by atoms with E-state index in [2.05, 4.69) is 9.97 Å². The molecule has 1 unspecified atom stereocenters. The molecule has 1 aromatic heterocycles. The fraction of sp³-hybridized carbons (Fsp3) is 0.154. The number of hydrogen-bond acceptors (Lipinski definition) is 4. The summed E-state index contributed by atoms with van der Waals surface area (Å²) < 4.78 is 5.17. The maximum atomic E-state index is 12.1. The fourth-order valence-corrected chi connectivity index (χ4v) is 2.29. The molecule has 0 amide bonds. The third-order valence-electron chi connectivity index (χ3n) is 2.97. The predicted molar refractivity (Wildman–Crippen MR) is 67.3 cm³/mol. The summed E-state index contributed by atoms with van der Waals surface area (Å²) in [5, 5.41) is 0.560. The summed E-state index contributed by atoms with van der Waals surface area (Å²) in [6.07, 6.45) is 2.51. The normalized spacial score (nSPS) is 17.3. The van der Waals surface area contributed by atoms with E-state index in [0.717, 1.165) is 5.56 Å². The number of aromatic amines is 1. The topological polar surface area (TPSA) is 72.1 Å². The molecule has 0 radical (unpaired) electrons. The number of ether oxygens (including phenoxy) is 1. The molecule has 96 valence electrons. The van der Waals surface area contributed by atoms with Gasteiger partial charge in [0.05, 0.1) is 0 Å². The third-order valence-corrected chi connectivity index (χ3v) is 3.21. The van der Waals surface area contributed by atoms with Gasteiger partial charge in [-0.05, 0) is 23.8 Å². The highest BCUT2D eigenvalue weighted by Gasteiger charge is 2.34. The fourth-order valence-electron chi connectivity index (χ4n) is 2.09. The first-order valence-corrected chi connectivity index (χ1v) is 6.06. The molecule has 1 N–H and O–H groups in total. The van der Waals surface area contributed by atoms with E-state index >= 15 is 0 Å². The Morgan fingerprint density at radius 3 is 3.05 bits per heavy atom. The van der Waals surface area contributed by atoms with E-state index in [1.807, 2.05) is 0 Å². The van der Waals surface area contributed by atoms with Crippen LogP contribution in [0.4, 0.5) is 0 Å². The number of carbonyl (C=O) groups is 2. The summed E-state index contributed by atoms with van der Waals surface area (Å²) in [7, 11) is 0. The Balaban J connectivity index is 1.79. The number of rotatable bonds is 2. The monoisotopic (exact) mass is 276 g/mol. The number of halogens is 1. The summed E-state index contributed by atoms with van der Waals surface area (Å²) in [6.45, 7) is 0. The van der Waals surface area contributed by atoms with Crippen LogP contribution in [0.15, 0.2) is 30.6 Å². The number of imidazole rings is 1. The first kappa shape index (κ1) is 11.9. The first-order chi connectivity index (χ1) is 9.15. The molecule has 0 saturated heterocycles. The van der Waals surface area contributed by atoms with Gasteiger partial charge in [0, 0.05) is 29.4 Å². The number of hydrogen-bond donors (Lipinski definition) is 1. The SMILES string of the molecule is O=C(OC1Cc2cc(Cl)ccc2C1=O)c1ncc[nH]1. The zero-order valence-electron chi connectivity index (χ0n) is 9.72. The summed E-state index contributed by atoms with van der Waals surface area (Å²) in [6, 6.07) is 5.02. The summed E-state index contributed by atoms with van der Waals surface area (Å²) in [5.41, 5.74) is 1.36. The van der Waals surface area contributed by atoms with Crippen molar-refractivity contribution in [3.63, 3.8) is 0 Å². The average molecular weight is 277 g/mol. The molecule has 6 heteroatoms. The molecule has 1 aromatic carbocycles. The molecule has 1 aliphatic rings. The van der Waals surface area contributed by atoms with Crippen molar-refractivity contribution < 1.29 is 14.3 Å². The lowest BCUT2D eigenvalue weighted by Crippen LogP contribution is -2.24. The van der Waals surface area contributed by atoms with Crippen LogP contribution in [0.1, 0.15) is 26.5 Å². The van der Waals surface area contributed by atoms with Crippen molar-refractivity contribution >= 4 is 23.4 Å². The standard InChI is InChI=1S/C13H9ClN2O3/c14-8-1-2-9-7(5-8)6-10(11(9)17)19-13(18)12-15-3-4-16-12/h1-5,10H,6H2,(H,15,16). The Bertz CT molecular complexity index is 652. The van der Waals surface area contributed by atoms with Crippen LogP contribution in [0, 0.1) is 0 Å². The number of carbonyl (C=O) groups excluding carboxylic acids is 2. The lowest BCUT2D eigenvalue weighted by atomic mass is 10.1. The highest BCUT2D eigenvalue weighted by atomic mass is 35.5. The van der Waals surface area contributed by atoms with Crippen molar-refractivity contribution in [2.24, 2.45) is 0 Å². The molecule has 19 heavy (non-hydrogen) atoms. The number of nitrogens with zero attached hydrogens (tertiary/aromatic N) is 1. The van der Waals surface area contributed by atoms with Crippen molar-refractivity contribution in [1.29, 1.82) is 0 Å². The van der Waals surface area contributed by atoms with Gasteiger partial charge < -0.3 is 9.72 Å². The average Bonchev–Trinajstić information content (AvgIpc) is 2.99. The van der Waals surface area contributed by atoms with Gasteiger partial charge in [0.2, 0.25) is 11.6 Å². The number of esters is 1. The molecular formula is C13H9ClN2O3. The van der Waals surface area contributed by atoms with E-state index < -0.39 is 12.1 Å². The van der Waals surface area contributed by atoms with Crippen LogP contribution in [-0.4, -0.2) is 27.8 Å². The van der Waals surface area contributed by atoms with Gasteiger partial charge in [0.1, 0.15) is 0 Å². The summed E-state index contributed by atoms with van der Waals surface area (Å²) in [4.78, 5) is 30.2. The lowest BCUT2D eigenvalue weighted by molar-refractivity contribution is 0.0293. The van der Waals surface area contributed by atoms with E-state index in [1.54, 1.807) is 18.2 Å². The Kier molecular flexibility index (Phi) is 2.83. The van der Waals surface area contributed by atoms with Crippen LogP contribution in [0.25, 0.3) is 0 Å². The van der Waals surface area contributed by atoms with Gasteiger partial charge >= 0.3 is 5.97 Å². The Morgan fingerprint density at radius 1 is 1.47 bits per heavy atom. The lowest BCUT2D eigenvalue weighted by Gasteiger charge is -2.08. The van der Waals surface area contributed by atoms with E-state index in [4.69, 9.17) is 16.3 Å². The largest absolute Gasteiger partial charge is 0.448 e. The zero-order valence-corrected chi connectivity index (χ0v) is 10.5. The Morgan fingerprint density at radius 2 is 2.32 bits per heavy atom. The molecule has 5 nitrogen and oxygen atoms in total. The second-order valence-electron chi connectivity index (χ2n) is 4.20. The minimum Gasteiger partial charge on any atom is -0.448 e. The van der Waals surface area contributed by atoms with Crippen LogP contribution in [0.5, 0.6) is 0 Å². The summed E-state index contributed by atoms with van der Waals surface area (Å²) in [5.74, 6) is -0.754. The smallest absolute Gasteiger partial charge is 0.375 e. The maximum Gasteiger partial charge on any atom is 0.375 e. The van der Waals surface area contributed by atoms with Crippen LogP contribution in [0.3, 0.4) is 0 Å². The van der Waals surface area contributed by atoms with Crippen molar-refractivity contribution in [3.05, 3.63) is 52.6 Å². The second kappa shape index (κ2) is 4.51. The van der Waals surface area contributed by atoms with Crippen LogP contribution in [0.2, 0.25) is 5.02 Å². The van der Waals surface area contributed by atoms with Gasteiger partial charge in [-0.25, -0.2) is 9.78 Å². The number of benzene rings is 1. The van der Waals surface area contributed by atoms with Gasteiger partial charge in [0.25, 0.3) is 0 Å². The van der Waals surface area contributed by atoms with E-state index in [1.165, 1.54) is 12.4 Å². The van der Waals surface area contributed by atoms with E-state index in [-0.39, 0.29) is 11.6 Å². The Labute approximate surface area is 113 Å². The molecule has 1 heterocycles. The molecule has 0 aliphatic heterocycles. The molecule has 3 rings (SSSR count). The number of fused-ring (bicyclic) bond motifs is 1. The Hall–Kier alpha value is -2.14. The molecule has 0 bridgehead atoms. The van der Waals surface area contributed by atoms with Crippen molar-refractivity contribution in [2.45, 2.75) is 12.5 Å². The van der Waals surface area contributed by atoms with Gasteiger partial charge in [-0.15, -0.1) is 0 Å². The zero-order chi connectivity index (χ0) is 13.4. The van der Waals surface area contributed by atoms with Gasteiger partial charge in [-0.1, -0.05) is 11.6 Å². The number of Topliss-reactive ketones (excluding diaryl/α,β-unsaturated/α-hetero) is 1. The van der Waals surface area contributed by atoms with E-state index in [0.29, 0.717) is 17.0 Å². The van der Waals surface area contributed by atoms with Crippen molar-refractivity contribution in [1.82, 2.24) is 9.97 Å². The predicted octanol–water partition coefficient (Wildman–Crippen LogP) is 2.03.